The number of fused-ring (bicyclic) bond motifs is 1. The van der Waals surface area contributed by atoms with Crippen LogP contribution in [0.3, 0.4) is 0 Å². The Kier molecular flexibility index (Phi) is 3.79. The molecule has 20 heavy (non-hydrogen) atoms. The highest BCUT2D eigenvalue weighted by molar-refractivity contribution is 5.83. The van der Waals surface area contributed by atoms with Crippen molar-refractivity contribution in [1.82, 2.24) is 10.2 Å². The molecule has 0 aromatic heterocycles. The van der Waals surface area contributed by atoms with Crippen LogP contribution in [0.25, 0.3) is 0 Å². The van der Waals surface area contributed by atoms with E-state index in [0.717, 1.165) is 32.4 Å². The van der Waals surface area contributed by atoms with Crippen LogP contribution in [0.15, 0.2) is 24.3 Å². The van der Waals surface area contributed by atoms with Gasteiger partial charge in [0, 0.05) is 19.1 Å². The van der Waals surface area contributed by atoms with Crippen LogP contribution in [0.1, 0.15) is 37.8 Å². The molecule has 0 radical (unpaired) electrons. The third kappa shape index (κ3) is 2.47. The average Bonchev–Trinajstić information content (AvgIpc) is 2.95. The zero-order valence-electron chi connectivity index (χ0n) is 12.4. The largest absolute Gasteiger partial charge is 0.338 e. The summed E-state index contributed by atoms with van der Waals surface area (Å²) in [5, 5.41) is 3.42. The number of hydrogen-bond donors (Lipinski definition) is 1. The van der Waals surface area contributed by atoms with Crippen LogP contribution in [0.2, 0.25) is 0 Å². The molecule has 1 N–H and O–H groups in total. The SMILES string of the molecule is CC(C)C1CCCN1C(=O)[C@H]1Cc2ccccc2CN1. The Labute approximate surface area is 121 Å². The highest BCUT2D eigenvalue weighted by Gasteiger charge is 2.35. The number of likely N-dealkylation sites (tertiary alicyclic amines) is 1. The Balaban J connectivity index is 1.73. The predicted octanol–water partition coefficient (Wildman–Crippen LogP) is 2.35. The summed E-state index contributed by atoms with van der Waals surface area (Å²) in [6.07, 6.45) is 3.14. The fraction of sp³-hybridized carbons (Fsp3) is 0.588. The number of nitrogens with one attached hydrogen (secondary N) is 1. The van der Waals surface area contributed by atoms with Crippen molar-refractivity contribution in [2.45, 2.75) is 51.7 Å². The molecule has 0 spiro atoms. The van der Waals surface area contributed by atoms with Crippen LogP contribution in [0, 0.1) is 5.92 Å². The maximum absolute atomic E-state index is 12.8. The van der Waals surface area contributed by atoms with E-state index in [1.165, 1.54) is 11.1 Å². The molecule has 2 heterocycles. The molecule has 2 aliphatic heterocycles. The second-order valence-electron chi connectivity index (χ2n) is 6.39. The van der Waals surface area contributed by atoms with Crippen LogP contribution in [-0.4, -0.2) is 29.4 Å². The lowest BCUT2D eigenvalue weighted by molar-refractivity contribution is -0.135. The third-order valence-electron chi connectivity index (χ3n) is 4.73. The Morgan fingerprint density at radius 1 is 1.30 bits per heavy atom. The van der Waals surface area contributed by atoms with E-state index in [1.54, 1.807) is 0 Å². The Hall–Kier alpha value is -1.35. The number of amides is 1. The number of benzene rings is 1. The number of carbonyl (C=O) groups excluding carboxylic acids is 1. The molecule has 1 saturated heterocycles. The first kappa shape index (κ1) is 13.6. The van der Waals surface area contributed by atoms with Gasteiger partial charge in [-0.1, -0.05) is 38.1 Å². The molecular formula is C17H24N2O. The van der Waals surface area contributed by atoms with E-state index in [9.17, 15) is 4.79 Å². The highest BCUT2D eigenvalue weighted by Crippen LogP contribution is 2.26. The van der Waals surface area contributed by atoms with Crippen molar-refractivity contribution in [2.24, 2.45) is 5.92 Å². The molecule has 3 heteroatoms. The van der Waals surface area contributed by atoms with Gasteiger partial charge in [-0.15, -0.1) is 0 Å². The maximum Gasteiger partial charge on any atom is 0.240 e. The standard InChI is InChI=1S/C17H24N2O/c1-12(2)16-8-5-9-19(16)17(20)15-10-13-6-3-4-7-14(13)11-18-15/h3-4,6-7,12,15-16,18H,5,8-11H2,1-2H3/t15-,16?/m1/s1. The van der Waals surface area contributed by atoms with Gasteiger partial charge in [0.05, 0.1) is 6.04 Å². The Morgan fingerprint density at radius 2 is 2.05 bits per heavy atom. The van der Waals surface area contributed by atoms with Gasteiger partial charge in [0.2, 0.25) is 5.91 Å². The van der Waals surface area contributed by atoms with Crippen molar-refractivity contribution in [3.05, 3.63) is 35.4 Å². The summed E-state index contributed by atoms with van der Waals surface area (Å²) in [6, 6.07) is 8.83. The van der Waals surface area contributed by atoms with Gasteiger partial charge in [0.1, 0.15) is 0 Å². The van der Waals surface area contributed by atoms with E-state index >= 15 is 0 Å². The van der Waals surface area contributed by atoms with Crippen LogP contribution < -0.4 is 5.32 Å². The van der Waals surface area contributed by atoms with Crippen LogP contribution in [-0.2, 0) is 17.8 Å². The van der Waals surface area contributed by atoms with Crippen molar-refractivity contribution < 1.29 is 4.79 Å². The summed E-state index contributed by atoms with van der Waals surface area (Å²) in [4.78, 5) is 14.9. The predicted molar refractivity (Wildman–Crippen MR) is 80.3 cm³/mol. The van der Waals surface area contributed by atoms with Gasteiger partial charge in [-0.25, -0.2) is 0 Å². The monoisotopic (exact) mass is 272 g/mol. The lowest BCUT2D eigenvalue weighted by Crippen LogP contribution is -2.51. The molecule has 1 aromatic carbocycles. The Bertz CT molecular complexity index is 498. The van der Waals surface area contributed by atoms with Gasteiger partial charge >= 0.3 is 0 Å². The fourth-order valence-corrected chi connectivity index (χ4v) is 3.59. The first-order chi connectivity index (χ1) is 9.66. The number of rotatable bonds is 2. The van der Waals surface area contributed by atoms with Crippen molar-refractivity contribution in [3.63, 3.8) is 0 Å². The summed E-state index contributed by atoms with van der Waals surface area (Å²) >= 11 is 0. The first-order valence-electron chi connectivity index (χ1n) is 7.77. The van der Waals surface area contributed by atoms with E-state index in [-0.39, 0.29) is 6.04 Å². The van der Waals surface area contributed by atoms with Crippen LogP contribution in [0.5, 0.6) is 0 Å². The van der Waals surface area contributed by atoms with Crippen molar-refractivity contribution >= 4 is 5.91 Å². The third-order valence-corrected chi connectivity index (χ3v) is 4.73. The molecule has 3 nitrogen and oxygen atoms in total. The lowest BCUT2D eigenvalue weighted by Gasteiger charge is -2.33. The summed E-state index contributed by atoms with van der Waals surface area (Å²) in [6.45, 7) is 6.19. The smallest absolute Gasteiger partial charge is 0.240 e. The second-order valence-corrected chi connectivity index (χ2v) is 6.39. The lowest BCUT2D eigenvalue weighted by atomic mass is 9.94. The summed E-state index contributed by atoms with van der Waals surface area (Å²) in [5.41, 5.74) is 2.66. The van der Waals surface area contributed by atoms with Crippen molar-refractivity contribution in [2.75, 3.05) is 6.54 Å². The number of nitrogens with zero attached hydrogens (tertiary/aromatic N) is 1. The highest BCUT2D eigenvalue weighted by atomic mass is 16.2. The molecule has 2 atom stereocenters. The summed E-state index contributed by atoms with van der Waals surface area (Å²) in [5.74, 6) is 0.855. The van der Waals surface area contributed by atoms with Gasteiger partial charge in [-0.2, -0.15) is 0 Å². The maximum atomic E-state index is 12.8. The van der Waals surface area contributed by atoms with Gasteiger partial charge in [-0.05, 0) is 36.3 Å². The first-order valence-corrected chi connectivity index (χ1v) is 7.77. The van der Waals surface area contributed by atoms with E-state index in [0.29, 0.717) is 17.9 Å². The molecule has 1 aromatic rings. The zero-order valence-corrected chi connectivity index (χ0v) is 12.4. The van der Waals surface area contributed by atoms with Gasteiger partial charge in [-0.3, -0.25) is 4.79 Å². The minimum Gasteiger partial charge on any atom is -0.338 e. The quantitative estimate of drug-likeness (QED) is 0.896. The van der Waals surface area contributed by atoms with Crippen molar-refractivity contribution in [1.29, 1.82) is 0 Å². The minimum atomic E-state index is -0.0377. The topological polar surface area (TPSA) is 32.3 Å². The summed E-state index contributed by atoms with van der Waals surface area (Å²) < 4.78 is 0. The average molecular weight is 272 g/mol. The minimum absolute atomic E-state index is 0.0377. The molecule has 0 bridgehead atoms. The molecule has 1 fully saturated rings. The zero-order chi connectivity index (χ0) is 14.1. The normalized spacial score (nSPS) is 25.9. The number of carbonyl (C=O) groups is 1. The fourth-order valence-electron chi connectivity index (χ4n) is 3.59. The van der Waals surface area contributed by atoms with E-state index in [4.69, 9.17) is 0 Å². The van der Waals surface area contributed by atoms with E-state index in [2.05, 4.69) is 48.3 Å². The molecule has 0 saturated carbocycles. The van der Waals surface area contributed by atoms with Gasteiger partial charge in [0.15, 0.2) is 0 Å². The summed E-state index contributed by atoms with van der Waals surface area (Å²) in [7, 11) is 0. The number of hydrogen-bond acceptors (Lipinski definition) is 2. The molecular weight excluding hydrogens is 248 g/mol. The molecule has 2 aliphatic rings. The van der Waals surface area contributed by atoms with E-state index in [1.807, 2.05) is 0 Å². The molecule has 1 amide bonds. The Morgan fingerprint density at radius 3 is 2.80 bits per heavy atom. The van der Waals surface area contributed by atoms with E-state index < -0.39 is 0 Å². The van der Waals surface area contributed by atoms with Crippen LogP contribution >= 0.6 is 0 Å². The second kappa shape index (κ2) is 5.57. The van der Waals surface area contributed by atoms with Crippen LogP contribution in [0.4, 0.5) is 0 Å². The van der Waals surface area contributed by atoms with Gasteiger partial charge in [0.25, 0.3) is 0 Å². The molecule has 3 rings (SSSR count). The molecule has 1 unspecified atom stereocenters. The van der Waals surface area contributed by atoms with Gasteiger partial charge < -0.3 is 10.2 Å². The molecule has 0 aliphatic carbocycles. The molecule has 108 valence electrons. The van der Waals surface area contributed by atoms with Crippen molar-refractivity contribution in [3.8, 4) is 0 Å².